The number of nitrogen functional groups attached to an aromatic ring is 1. The van der Waals surface area contributed by atoms with E-state index in [1.54, 1.807) is 24.8 Å². The molecule has 214 valence electrons. The zero-order chi connectivity index (χ0) is 29.3. The van der Waals surface area contributed by atoms with E-state index >= 15 is 0 Å². The number of benzene rings is 1. The van der Waals surface area contributed by atoms with Crippen LogP contribution in [0.4, 0.5) is 11.5 Å². The van der Waals surface area contributed by atoms with Gasteiger partial charge in [-0.1, -0.05) is 56.6 Å². The fraction of sp³-hybridized carbons (Fsp3) is 0.387. The minimum absolute atomic E-state index is 0.0617. The molecule has 9 heteroatoms. The number of halogens is 2. The maximum atomic E-state index is 8.92. The Morgan fingerprint density at radius 3 is 2.50 bits per heavy atom. The van der Waals surface area contributed by atoms with Crippen LogP contribution in [0, 0.1) is 10.8 Å². The number of nitrogens with zero attached hydrogens (tertiary/aromatic N) is 3. The molecule has 0 aliphatic carbocycles. The van der Waals surface area contributed by atoms with Gasteiger partial charge in [0.25, 0.3) is 0 Å². The summed E-state index contributed by atoms with van der Waals surface area (Å²) in [6, 6.07) is 9.71. The summed E-state index contributed by atoms with van der Waals surface area (Å²) in [4.78, 5) is 11.0. The van der Waals surface area contributed by atoms with Gasteiger partial charge in [-0.2, -0.15) is 0 Å². The Labute approximate surface area is 248 Å². The lowest BCUT2D eigenvalue weighted by Gasteiger charge is -2.27. The third-order valence-electron chi connectivity index (χ3n) is 7.18. The van der Waals surface area contributed by atoms with Gasteiger partial charge in [0.05, 0.1) is 15.8 Å². The molecule has 2 heterocycles. The number of nitrogens with two attached hydrogens (primary N) is 2. The Balaban J connectivity index is 1.76. The Hall–Kier alpha value is -3.13. The largest absolute Gasteiger partial charge is 0.398 e. The smallest absolute Gasteiger partial charge is 0.128 e. The highest BCUT2D eigenvalue weighted by molar-refractivity contribution is 6.35. The average Bonchev–Trinajstić information content (AvgIpc) is 2.93. The molecule has 7 nitrogen and oxygen atoms in total. The molecule has 2 aromatic heterocycles. The van der Waals surface area contributed by atoms with Crippen LogP contribution in [-0.4, -0.2) is 41.9 Å². The summed E-state index contributed by atoms with van der Waals surface area (Å²) in [7, 11) is 0. The fourth-order valence-corrected chi connectivity index (χ4v) is 5.40. The predicted octanol–water partition coefficient (Wildman–Crippen LogP) is 6.43. The Morgan fingerprint density at radius 2 is 1.88 bits per heavy atom. The summed E-state index contributed by atoms with van der Waals surface area (Å²) >= 11 is 12.8. The molecule has 0 unspecified atom stereocenters. The molecule has 0 saturated heterocycles. The first kappa shape index (κ1) is 31.4. The van der Waals surface area contributed by atoms with E-state index in [0.29, 0.717) is 45.5 Å². The quantitative estimate of drug-likeness (QED) is 0.0932. The van der Waals surface area contributed by atoms with Crippen molar-refractivity contribution in [3.8, 4) is 0 Å². The van der Waals surface area contributed by atoms with Crippen LogP contribution in [0.25, 0.3) is 0 Å². The Bertz CT molecular complexity index is 1270. The van der Waals surface area contributed by atoms with E-state index in [9.17, 15) is 0 Å². The molecular formula is C31H41Cl2N7. The SMILES string of the molecule is C=CNCCN(CCCC(C)(C)CN)c1ccc(C(=N)c2cc(C[C@H](C)c3c(Cl)cncc3Cl)ccc2N)cn1. The van der Waals surface area contributed by atoms with Crippen LogP contribution in [0.3, 0.4) is 0 Å². The zero-order valence-electron chi connectivity index (χ0n) is 23.7. The van der Waals surface area contributed by atoms with Crippen molar-refractivity contribution in [2.24, 2.45) is 11.1 Å². The molecule has 1 atom stereocenters. The first-order chi connectivity index (χ1) is 19.1. The van der Waals surface area contributed by atoms with Gasteiger partial charge in [-0.15, -0.1) is 0 Å². The van der Waals surface area contributed by atoms with Gasteiger partial charge in [-0.25, -0.2) is 4.98 Å². The van der Waals surface area contributed by atoms with Gasteiger partial charge in [0.15, 0.2) is 0 Å². The summed E-state index contributed by atoms with van der Waals surface area (Å²) in [6.45, 7) is 13.3. The van der Waals surface area contributed by atoms with Crippen LogP contribution < -0.4 is 21.7 Å². The highest BCUT2D eigenvalue weighted by Gasteiger charge is 2.18. The summed E-state index contributed by atoms with van der Waals surface area (Å²) in [5.74, 6) is 0.932. The van der Waals surface area contributed by atoms with Gasteiger partial charge in [0.2, 0.25) is 0 Å². The number of aromatic nitrogens is 2. The Morgan fingerprint density at radius 1 is 1.15 bits per heavy atom. The number of nitrogens with one attached hydrogen (secondary N) is 2. The van der Waals surface area contributed by atoms with E-state index in [1.165, 1.54) is 0 Å². The summed E-state index contributed by atoms with van der Waals surface area (Å²) < 4.78 is 0. The summed E-state index contributed by atoms with van der Waals surface area (Å²) in [5.41, 5.74) is 16.5. The van der Waals surface area contributed by atoms with Gasteiger partial charge in [0.1, 0.15) is 5.82 Å². The first-order valence-electron chi connectivity index (χ1n) is 13.6. The van der Waals surface area contributed by atoms with Gasteiger partial charge >= 0.3 is 0 Å². The van der Waals surface area contributed by atoms with Crippen molar-refractivity contribution in [3.63, 3.8) is 0 Å². The van der Waals surface area contributed by atoms with E-state index in [1.807, 2.05) is 30.3 Å². The molecule has 0 fully saturated rings. The number of hydrogen-bond donors (Lipinski definition) is 4. The molecule has 0 radical (unpaired) electrons. The summed E-state index contributed by atoms with van der Waals surface area (Å²) in [6.07, 6.45) is 9.40. The van der Waals surface area contributed by atoms with Crippen LogP contribution in [0.5, 0.6) is 0 Å². The van der Waals surface area contributed by atoms with E-state index in [-0.39, 0.29) is 11.3 Å². The second kappa shape index (κ2) is 14.5. The lowest BCUT2D eigenvalue weighted by Crippen LogP contribution is -2.33. The van der Waals surface area contributed by atoms with Crippen molar-refractivity contribution in [3.05, 3.63) is 94.0 Å². The lowest BCUT2D eigenvalue weighted by molar-refractivity contribution is 0.337. The molecule has 3 rings (SSSR count). The number of anilines is 2. The van der Waals surface area contributed by atoms with Crippen molar-refractivity contribution in [2.75, 3.05) is 36.8 Å². The standard InChI is InChI=1S/C31H41Cl2N7/c1-5-37-12-14-40(13-6-11-31(3,4)20-34)28-10-8-23(17-39-28)30(36)24-16-22(7-9-27(24)35)15-21(2)29-25(32)18-38-19-26(29)33/h5,7-10,16-19,21,36-37H,1,6,11-15,20,34-35H2,2-4H3/t21-/m0/s1. The lowest BCUT2D eigenvalue weighted by atomic mass is 9.88. The first-order valence-corrected chi connectivity index (χ1v) is 14.3. The molecule has 0 aliphatic rings. The molecule has 0 aliphatic heterocycles. The van der Waals surface area contributed by atoms with E-state index in [2.05, 4.69) is 42.6 Å². The van der Waals surface area contributed by atoms with Gasteiger partial charge in [-0.05, 0) is 78.7 Å². The van der Waals surface area contributed by atoms with Gasteiger partial charge in [-0.3, -0.25) is 10.4 Å². The Kier molecular flexibility index (Phi) is 11.4. The molecule has 3 aromatic rings. The second-order valence-electron chi connectivity index (χ2n) is 10.9. The second-order valence-corrected chi connectivity index (χ2v) is 11.8. The molecule has 1 aromatic carbocycles. The van der Waals surface area contributed by atoms with Crippen LogP contribution in [0.15, 0.2) is 61.7 Å². The van der Waals surface area contributed by atoms with Gasteiger partial charge in [0, 0.05) is 55.0 Å². The van der Waals surface area contributed by atoms with Crippen LogP contribution >= 0.6 is 23.2 Å². The third kappa shape index (κ3) is 8.43. The van der Waals surface area contributed by atoms with E-state index < -0.39 is 0 Å². The number of rotatable bonds is 15. The third-order valence-corrected chi connectivity index (χ3v) is 7.78. The molecule has 40 heavy (non-hydrogen) atoms. The van der Waals surface area contributed by atoms with Gasteiger partial charge < -0.3 is 21.7 Å². The minimum atomic E-state index is 0.0617. The normalized spacial score (nSPS) is 12.2. The average molecular weight is 583 g/mol. The molecule has 0 saturated carbocycles. The zero-order valence-corrected chi connectivity index (χ0v) is 25.2. The topological polar surface area (TPSA) is 117 Å². The van der Waals surface area contributed by atoms with E-state index in [0.717, 1.165) is 49.4 Å². The van der Waals surface area contributed by atoms with Crippen molar-refractivity contribution in [1.29, 1.82) is 5.41 Å². The molecule has 0 amide bonds. The number of pyridine rings is 2. The van der Waals surface area contributed by atoms with Crippen molar-refractivity contribution in [2.45, 2.75) is 46.0 Å². The maximum Gasteiger partial charge on any atom is 0.128 e. The molecular weight excluding hydrogens is 541 g/mol. The maximum absolute atomic E-state index is 8.92. The van der Waals surface area contributed by atoms with Crippen molar-refractivity contribution < 1.29 is 0 Å². The molecule has 0 spiro atoms. The van der Waals surface area contributed by atoms with Crippen molar-refractivity contribution >= 4 is 40.4 Å². The minimum Gasteiger partial charge on any atom is -0.398 e. The highest BCUT2D eigenvalue weighted by atomic mass is 35.5. The molecule has 0 bridgehead atoms. The molecule has 6 N–H and O–H groups in total. The summed E-state index contributed by atoms with van der Waals surface area (Å²) in [5, 5.41) is 13.2. The van der Waals surface area contributed by atoms with Crippen LogP contribution in [-0.2, 0) is 6.42 Å². The van der Waals surface area contributed by atoms with Crippen molar-refractivity contribution in [1.82, 2.24) is 15.3 Å². The van der Waals surface area contributed by atoms with Crippen LogP contribution in [0.1, 0.15) is 61.8 Å². The van der Waals surface area contributed by atoms with Crippen LogP contribution in [0.2, 0.25) is 10.0 Å². The predicted molar refractivity (Wildman–Crippen MR) is 170 cm³/mol. The fourth-order valence-electron chi connectivity index (χ4n) is 4.66. The number of hydrogen-bond acceptors (Lipinski definition) is 7. The highest BCUT2D eigenvalue weighted by Crippen LogP contribution is 2.33. The monoisotopic (exact) mass is 581 g/mol. The van der Waals surface area contributed by atoms with E-state index in [4.69, 9.17) is 45.1 Å².